The number of hydrogen-bond acceptors (Lipinski definition) is 4. The van der Waals surface area contributed by atoms with E-state index in [1.807, 2.05) is 25.1 Å². The van der Waals surface area contributed by atoms with Crippen LogP contribution in [0.4, 0.5) is 5.82 Å². The molecule has 110 valence electrons. The highest BCUT2D eigenvalue weighted by Crippen LogP contribution is 2.30. The maximum absolute atomic E-state index is 11.2. The SMILES string of the molecule is CC(=O)N[C@H]1CCN(c2nc(Cl)nc3cccc(C)c23)C1. The molecule has 6 heteroatoms. The second-order valence-electron chi connectivity index (χ2n) is 5.42. The summed E-state index contributed by atoms with van der Waals surface area (Å²) in [6, 6.07) is 6.12. The summed E-state index contributed by atoms with van der Waals surface area (Å²) < 4.78 is 0. The van der Waals surface area contributed by atoms with E-state index < -0.39 is 0 Å². The molecule has 3 rings (SSSR count). The Kier molecular flexibility index (Phi) is 3.68. The van der Waals surface area contributed by atoms with Crippen molar-refractivity contribution in [1.29, 1.82) is 0 Å². The van der Waals surface area contributed by atoms with Gasteiger partial charge in [0, 0.05) is 31.4 Å². The Hall–Kier alpha value is -1.88. The summed E-state index contributed by atoms with van der Waals surface area (Å²) in [7, 11) is 0. The first-order chi connectivity index (χ1) is 10.0. The minimum absolute atomic E-state index is 0.00334. The predicted octanol–water partition coefficient (Wildman–Crippen LogP) is 2.31. The number of benzene rings is 1. The van der Waals surface area contributed by atoms with Crippen molar-refractivity contribution in [1.82, 2.24) is 15.3 Å². The Balaban J connectivity index is 1.99. The number of hydrogen-bond donors (Lipinski definition) is 1. The molecule has 1 atom stereocenters. The van der Waals surface area contributed by atoms with Gasteiger partial charge < -0.3 is 10.2 Å². The Bertz CT molecular complexity index is 703. The monoisotopic (exact) mass is 304 g/mol. The van der Waals surface area contributed by atoms with E-state index in [-0.39, 0.29) is 17.2 Å². The van der Waals surface area contributed by atoms with Gasteiger partial charge >= 0.3 is 0 Å². The van der Waals surface area contributed by atoms with Crippen molar-refractivity contribution in [3.05, 3.63) is 29.0 Å². The zero-order chi connectivity index (χ0) is 15.0. The van der Waals surface area contributed by atoms with Gasteiger partial charge in [0.1, 0.15) is 5.82 Å². The van der Waals surface area contributed by atoms with Crippen molar-refractivity contribution in [2.24, 2.45) is 0 Å². The number of carbonyl (C=O) groups is 1. The van der Waals surface area contributed by atoms with E-state index in [0.717, 1.165) is 41.8 Å². The molecule has 1 amide bonds. The molecule has 2 heterocycles. The molecule has 1 aliphatic heterocycles. The molecule has 2 aromatic rings. The van der Waals surface area contributed by atoms with Gasteiger partial charge in [-0.2, -0.15) is 4.98 Å². The topological polar surface area (TPSA) is 58.1 Å². The summed E-state index contributed by atoms with van der Waals surface area (Å²) >= 11 is 6.06. The summed E-state index contributed by atoms with van der Waals surface area (Å²) in [5.41, 5.74) is 1.98. The van der Waals surface area contributed by atoms with Crippen molar-refractivity contribution >= 4 is 34.2 Å². The van der Waals surface area contributed by atoms with Crippen LogP contribution in [-0.2, 0) is 4.79 Å². The molecular formula is C15H17ClN4O. The summed E-state index contributed by atoms with van der Waals surface area (Å²) in [4.78, 5) is 22.1. The van der Waals surface area contributed by atoms with E-state index in [9.17, 15) is 4.79 Å². The first-order valence-corrected chi connectivity index (χ1v) is 7.37. The van der Waals surface area contributed by atoms with Gasteiger partial charge in [0.25, 0.3) is 0 Å². The number of fused-ring (bicyclic) bond motifs is 1. The summed E-state index contributed by atoms with van der Waals surface area (Å²) in [6.07, 6.45) is 0.911. The molecule has 1 fully saturated rings. The highest BCUT2D eigenvalue weighted by molar-refractivity contribution is 6.28. The second kappa shape index (κ2) is 5.48. The van der Waals surface area contributed by atoms with Crippen molar-refractivity contribution < 1.29 is 4.79 Å². The number of rotatable bonds is 2. The van der Waals surface area contributed by atoms with Crippen LogP contribution in [0.25, 0.3) is 10.9 Å². The van der Waals surface area contributed by atoms with Crippen LogP contribution in [0.5, 0.6) is 0 Å². The third-order valence-electron chi connectivity index (χ3n) is 3.78. The first-order valence-electron chi connectivity index (χ1n) is 6.99. The molecule has 1 saturated heterocycles. The quantitative estimate of drug-likeness (QED) is 0.865. The molecule has 0 spiro atoms. The van der Waals surface area contributed by atoms with Gasteiger partial charge in [-0.1, -0.05) is 12.1 Å². The Morgan fingerprint density at radius 2 is 2.24 bits per heavy atom. The van der Waals surface area contributed by atoms with E-state index in [2.05, 4.69) is 20.2 Å². The smallest absolute Gasteiger partial charge is 0.224 e. The van der Waals surface area contributed by atoms with Gasteiger partial charge in [-0.25, -0.2) is 4.98 Å². The number of halogens is 1. The number of amides is 1. The molecule has 1 N–H and O–H groups in total. The normalized spacial score (nSPS) is 18.2. The molecule has 1 aromatic heterocycles. The number of nitrogens with zero attached hydrogens (tertiary/aromatic N) is 3. The molecule has 1 aliphatic rings. The number of aromatic nitrogens is 2. The van der Waals surface area contributed by atoms with Gasteiger partial charge in [-0.3, -0.25) is 4.79 Å². The number of aryl methyl sites for hydroxylation is 1. The highest BCUT2D eigenvalue weighted by atomic mass is 35.5. The van der Waals surface area contributed by atoms with Gasteiger partial charge in [0.2, 0.25) is 11.2 Å². The van der Waals surface area contributed by atoms with Crippen LogP contribution in [0.15, 0.2) is 18.2 Å². The Labute approximate surface area is 128 Å². The number of nitrogens with one attached hydrogen (secondary N) is 1. The lowest BCUT2D eigenvalue weighted by molar-refractivity contribution is -0.119. The Morgan fingerprint density at radius 3 is 3.00 bits per heavy atom. The standard InChI is InChI=1S/C15H17ClN4O/c1-9-4-3-5-12-13(9)14(19-15(16)18-12)20-7-6-11(8-20)17-10(2)21/h3-5,11H,6-8H2,1-2H3,(H,17,21)/t11-/m0/s1. The van der Waals surface area contributed by atoms with Crippen molar-refractivity contribution in [3.8, 4) is 0 Å². The third kappa shape index (κ3) is 2.78. The molecule has 1 aromatic carbocycles. The molecule has 0 saturated carbocycles. The maximum atomic E-state index is 11.2. The third-order valence-corrected chi connectivity index (χ3v) is 3.95. The largest absolute Gasteiger partial charge is 0.354 e. The maximum Gasteiger partial charge on any atom is 0.224 e. The van der Waals surface area contributed by atoms with Crippen LogP contribution in [0.3, 0.4) is 0 Å². The van der Waals surface area contributed by atoms with E-state index in [0.29, 0.717) is 0 Å². The molecule has 0 unspecified atom stereocenters. The van der Waals surface area contributed by atoms with Gasteiger partial charge in [-0.05, 0) is 36.6 Å². The van der Waals surface area contributed by atoms with Crippen molar-refractivity contribution in [2.75, 3.05) is 18.0 Å². The lowest BCUT2D eigenvalue weighted by atomic mass is 10.1. The molecule has 21 heavy (non-hydrogen) atoms. The van der Waals surface area contributed by atoms with E-state index in [1.54, 1.807) is 6.92 Å². The van der Waals surface area contributed by atoms with Crippen LogP contribution in [-0.4, -0.2) is 35.0 Å². The predicted molar refractivity (Wildman–Crippen MR) is 83.7 cm³/mol. The number of anilines is 1. The van der Waals surface area contributed by atoms with E-state index >= 15 is 0 Å². The zero-order valence-corrected chi connectivity index (χ0v) is 12.8. The van der Waals surface area contributed by atoms with E-state index in [1.165, 1.54) is 0 Å². The highest BCUT2D eigenvalue weighted by Gasteiger charge is 2.26. The van der Waals surface area contributed by atoms with Crippen LogP contribution < -0.4 is 10.2 Å². The van der Waals surface area contributed by atoms with E-state index in [4.69, 9.17) is 11.6 Å². The lowest BCUT2D eigenvalue weighted by Crippen LogP contribution is -2.35. The van der Waals surface area contributed by atoms with Gasteiger partial charge in [0.15, 0.2) is 0 Å². The van der Waals surface area contributed by atoms with Crippen LogP contribution in [0.2, 0.25) is 5.28 Å². The fourth-order valence-electron chi connectivity index (χ4n) is 2.89. The summed E-state index contributed by atoms with van der Waals surface area (Å²) in [5.74, 6) is 0.861. The fraction of sp³-hybridized carbons (Fsp3) is 0.400. The first kappa shape index (κ1) is 14.1. The average Bonchev–Trinajstić information content (AvgIpc) is 2.85. The molecule has 0 bridgehead atoms. The molecule has 0 radical (unpaired) electrons. The summed E-state index contributed by atoms with van der Waals surface area (Å²) in [5, 5.41) is 4.25. The van der Waals surface area contributed by atoms with Crippen LogP contribution in [0, 0.1) is 6.92 Å². The fourth-order valence-corrected chi connectivity index (χ4v) is 3.06. The van der Waals surface area contributed by atoms with Crippen molar-refractivity contribution in [3.63, 3.8) is 0 Å². The van der Waals surface area contributed by atoms with Crippen LogP contribution >= 0.6 is 11.6 Å². The Morgan fingerprint density at radius 1 is 1.43 bits per heavy atom. The minimum Gasteiger partial charge on any atom is -0.354 e. The van der Waals surface area contributed by atoms with Gasteiger partial charge in [-0.15, -0.1) is 0 Å². The van der Waals surface area contributed by atoms with Crippen LogP contribution in [0.1, 0.15) is 18.9 Å². The number of carbonyl (C=O) groups excluding carboxylic acids is 1. The zero-order valence-electron chi connectivity index (χ0n) is 12.1. The molecule has 5 nitrogen and oxygen atoms in total. The second-order valence-corrected chi connectivity index (χ2v) is 5.76. The minimum atomic E-state index is 0.00334. The van der Waals surface area contributed by atoms with Gasteiger partial charge in [0.05, 0.1) is 5.52 Å². The lowest BCUT2D eigenvalue weighted by Gasteiger charge is -2.20. The molecular weight excluding hydrogens is 288 g/mol. The van der Waals surface area contributed by atoms with Crippen molar-refractivity contribution in [2.45, 2.75) is 26.3 Å². The average molecular weight is 305 g/mol. The summed E-state index contributed by atoms with van der Waals surface area (Å²) in [6.45, 7) is 5.19. The molecule has 0 aliphatic carbocycles.